The van der Waals surface area contributed by atoms with Crippen molar-refractivity contribution in [2.24, 2.45) is 0 Å². The summed E-state index contributed by atoms with van der Waals surface area (Å²) in [7, 11) is 0. The molecule has 1 aliphatic heterocycles. The van der Waals surface area contributed by atoms with Crippen LogP contribution >= 0.6 is 0 Å². The fraction of sp³-hybridized carbons (Fsp3) is 0.111. The Bertz CT molecular complexity index is 1460. The number of Topliss-reactive ketones (excluding diaryl/α,β-unsaturated/α-hetero) is 1. The van der Waals surface area contributed by atoms with Crippen molar-refractivity contribution in [3.8, 4) is 11.5 Å². The second kappa shape index (κ2) is 8.06. The lowest BCUT2D eigenvalue weighted by Gasteiger charge is -2.10. The highest BCUT2D eigenvalue weighted by molar-refractivity contribution is 6.15. The number of esters is 1. The molecule has 0 fully saturated rings. The van der Waals surface area contributed by atoms with Crippen LogP contribution in [0.5, 0.6) is 11.5 Å². The van der Waals surface area contributed by atoms with Crippen molar-refractivity contribution in [2.45, 2.75) is 20.4 Å². The van der Waals surface area contributed by atoms with Crippen LogP contribution in [0.3, 0.4) is 0 Å². The summed E-state index contributed by atoms with van der Waals surface area (Å²) < 4.78 is 27.4. The molecular weight excluding hydrogens is 421 g/mol. The molecule has 0 saturated heterocycles. The average molecular weight is 441 g/mol. The Morgan fingerprint density at radius 1 is 1.09 bits per heavy atom. The second-order valence-corrected chi connectivity index (χ2v) is 7.76. The van der Waals surface area contributed by atoms with E-state index in [1.54, 1.807) is 25.1 Å². The molecule has 4 aromatic rings. The number of aromatic nitrogens is 1. The number of ketones is 1. The molecule has 0 spiro atoms. The summed E-state index contributed by atoms with van der Waals surface area (Å²) in [6.07, 6.45) is 3.73. The Kier molecular flexibility index (Phi) is 5.05. The zero-order chi connectivity index (χ0) is 23.1. The first kappa shape index (κ1) is 20.7. The number of para-hydroxylation sites is 1. The molecule has 0 bridgehead atoms. The summed E-state index contributed by atoms with van der Waals surface area (Å²) in [5.74, 6) is -0.978. The maximum absolute atomic E-state index is 13.9. The zero-order valence-corrected chi connectivity index (χ0v) is 18.1. The highest BCUT2D eigenvalue weighted by Crippen LogP contribution is 2.40. The number of hydrogen-bond acceptors (Lipinski definition) is 4. The van der Waals surface area contributed by atoms with Gasteiger partial charge in [0.1, 0.15) is 17.3 Å². The van der Waals surface area contributed by atoms with E-state index in [1.807, 2.05) is 30.5 Å². The third kappa shape index (κ3) is 3.49. The lowest BCUT2D eigenvalue weighted by Crippen LogP contribution is -2.11. The smallest absolute Gasteiger partial charge is 0.346 e. The van der Waals surface area contributed by atoms with Crippen LogP contribution in [0.2, 0.25) is 0 Å². The molecule has 5 rings (SSSR count). The molecule has 0 amide bonds. The van der Waals surface area contributed by atoms with Crippen LogP contribution in [0, 0.1) is 12.7 Å². The van der Waals surface area contributed by atoms with Crippen molar-refractivity contribution in [1.82, 2.24) is 4.57 Å². The topological polar surface area (TPSA) is 57.5 Å². The van der Waals surface area contributed by atoms with Crippen molar-refractivity contribution in [3.63, 3.8) is 0 Å². The highest BCUT2D eigenvalue weighted by Gasteiger charge is 2.31. The van der Waals surface area contributed by atoms with Crippen LogP contribution in [0.1, 0.15) is 38.8 Å². The summed E-state index contributed by atoms with van der Waals surface area (Å²) in [6.45, 7) is 4.56. The molecule has 0 unspecified atom stereocenters. The Balaban J connectivity index is 1.48. The van der Waals surface area contributed by atoms with Gasteiger partial charge < -0.3 is 14.0 Å². The molecular formula is C27H20FNO4. The fourth-order valence-corrected chi connectivity index (χ4v) is 4.05. The standard InChI is InChI=1S/C27H20FNO4/c1-3-29-15-17(18-8-5-7-11-22(18)29)14-24-25(30)20-12-13-23(16(2)26(20)32-24)33-27(31)19-9-4-6-10-21(19)28/h4-15H,3H2,1-2H3. The van der Waals surface area contributed by atoms with Crippen LogP contribution in [0.4, 0.5) is 4.39 Å². The van der Waals surface area contributed by atoms with Gasteiger partial charge in [0, 0.05) is 34.8 Å². The number of nitrogens with zero attached hydrogens (tertiary/aromatic N) is 1. The fourth-order valence-electron chi connectivity index (χ4n) is 4.05. The molecule has 164 valence electrons. The van der Waals surface area contributed by atoms with Crippen molar-refractivity contribution in [1.29, 1.82) is 0 Å². The average Bonchev–Trinajstić information content (AvgIpc) is 3.34. The molecule has 1 aromatic heterocycles. The number of halogens is 1. The number of hydrogen-bond donors (Lipinski definition) is 0. The lowest BCUT2D eigenvalue weighted by atomic mass is 10.1. The van der Waals surface area contributed by atoms with E-state index in [9.17, 15) is 14.0 Å². The Labute approximate surface area is 189 Å². The van der Waals surface area contributed by atoms with Gasteiger partial charge >= 0.3 is 5.97 Å². The van der Waals surface area contributed by atoms with Crippen molar-refractivity contribution in [2.75, 3.05) is 0 Å². The molecule has 0 saturated carbocycles. The molecule has 33 heavy (non-hydrogen) atoms. The van der Waals surface area contributed by atoms with Gasteiger partial charge in [-0.05, 0) is 50.3 Å². The largest absolute Gasteiger partial charge is 0.452 e. The Morgan fingerprint density at radius 3 is 2.64 bits per heavy atom. The first-order chi connectivity index (χ1) is 16.0. The van der Waals surface area contributed by atoms with Gasteiger partial charge in [-0.3, -0.25) is 4.79 Å². The van der Waals surface area contributed by atoms with Gasteiger partial charge in [-0.25, -0.2) is 9.18 Å². The minimum absolute atomic E-state index is 0.165. The number of aryl methyl sites for hydroxylation is 1. The minimum atomic E-state index is -0.816. The maximum Gasteiger partial charge on any atom is 0.346 e. The first-order valence-electron chi connectivity index (χ1n) is 10.6. The third-order valence-corrected chi connectivity index (χ3v) is 5.78. The van der Waals surface area contributed by atoms with Gasteiger partial charge in [-0.15, -0.1) is 0 Å². The number of rotatable bonds is 4. The van der Waals surface area contributed by atoms with E-state index < -0.39 is 11.8 Å². The van der Waals surface area contributed by atoms with Crippen molar-refractivity contribution in [3.05, 3.63) is 101 Å². The van der Waals surface area contributed by atoms with E-state index in [2.05, 4.69) is 11.5 Å². The summed E-state index contributed by atoms with van der Waals surface area (Å²) in [5, 5.41) is 1.02. The zero-order valence-electron chi connectivity index (χ0n) is 18.1. The minimum Gasteiger partial charge on any atom is -0.452 e. The van der Waals surface area contributed by atoms with E-state index in [4.69, 9.17) is 9.47 Å². The van der Waals surface area contributed by atoms with Gasteiger partial charge in [-0.1, -0.05) is 30.3 Å². The van der Waals surface area contributed by atoms with E-state index in [0.717, 1.165) is 23.0 Å². The van der Waals surface area contributed by atoms with E-state index in [0.29, 0.717) is 16.9 Å². The summed E-state index contributed by atoms with van der Waals surface area (Å²) >= 11 is 0. The number of carbonyl (C=O) groups excluding carboxylic acids is 2. The Hall–Kier alpha value is -4.19. The van der Waals surface area contributed by atoms with Crippen LogP contribution in [0.15, 0.2) is 72.6 Å². The molecule has 0 N–H and O–H groups in total. The first-order valence-corrected chi connectivity index (χ1v) is 10.6. The molecule has 1 aliphatic rings. The molecule has 2 heterocycles. The Morgan fingerprint density at radius 2 is 1.85 bits per heavy atom. The molecule has 0 aliphatic carbocycles. The number of ether oxygens (including phenoxy) is 2. The molecule has 5 nitrogen and oxygen atoms in total. The molecule has 6 heteroatoms. The van der Waals surface area contributed by atoms with Crippen molar-refractivity contribution >= 4 is 28.7 Å². The molecule has 0 atom stereocenters. The van der Waals surface area contributed by atoms with Crippen LogP contribution in [0.25, 0.3) is 17.0 Å². The quantitative estimate of drug-likeness (QED) is 0.223. The highest BCUT2D eigenvalue weighted by atomic mass is 19.1. The predicted molar refractivity (Wildman–Crippen MR) is 123 cm³/mol. The third-order valence-electron chi connectivity index (χ3n) is 5.78. The van der Waals surface area contributed by atoms with Crippen LogP contribution in [-0.2, 0) is 6.54 Å². The summed E-state index contributed by atoms with van der Waals surface area (Å²) in [4.78, 5) is 25.4. The van der Waals surface area contributed by atoms with E-state index in [1.165, 1.54) is 24.3 Å². The summed E-state index contributed by atoms with van der Waals surface area (Å²) in [6, 6.07) is 16.7. The number of benzene rings is 3. The number of carbonyl (C=O) groups is 2. The molecule has 0 radical (unpaired) electrons. The number of fused-ring (bicyclic) bond motifs is 2. The van der Waals surface area contributed by atoms with Gasteiger partial charge in [0.2, 0.25) is 5.78 Å². The van der Waals surface area contributed by atoms with Crippen LogP contribution in [-0.4, -0.2) is 16.3 Å². The lowest BCUT2D eigenvalue weighted by molar-refractivity contribution is 0.0728. The molecule has 3 aromatic carbocycles. The SMILES string of the molecule is CCn1cc(C=C2Oc3c(ccc(OC(=O)c4ccccc4F)c3C)C2=O)c2ccccc21. The van der Waals surface area contributed by atoms with Crippen molar-refractivity contribution < 1.29 is 23.5 Å². The summed E-state index contributed by atoms with van der Waals surface area (Å²) in [5.41, 5.74) is 2.68. The van der Waals surface area contributed by atoms with Gasteiger partial charge in [0.15, 0.2) is 5.76 Å². The predicted octanol–water partition coefficient (Wildman–Crippen LogP) is 5.94. The van der Waals surface area contributed by atoms with Gasteiger partial charge in [-0.2, -0.15) is 0 Å². The normalized spacial score (nSPS) is 13.9. The number of allylic oxidation sites excluding steroid dienone is 1. The van der Waals surface area contributed by atoms with E-state index in [-0.39, 0.29) is 22.9 Å². The van der Waals surface area contributed by atoms with E-state index >= 15 is 0 Å². The maximum atomic E-state index is 13.9. The second-order valence-electron chi connectivity index (χ2n) is 7.76. The van der Waals surface area contributed by atoms with Crippen LogP contribution < -0.4 is 9.47 Å². The van der Waals surface area contributed by atoms with Gasteiger partial charge in [0.05, 0.1) is 11.1 Å². The monoisotopic (exact) mass is 441 g/mol. The van der Waals surface area contributed by atoms with Gasteiger partial charge in [0.25, 0.3) is 0 Å².